The van der Waals surface area contributed by atoms with Crippen molar-refractivity contribution in [3.8, 4) is 18.4 Å². The van der Waals surface area contributed by atoms with Crippen LogP contribution in [0.15, 0.2) is 24.3 Å². The third kappa shape index (κ3) is 3.36. The summed E-state index contributed by atoms with van der Waals surface area (Å²) in [4.78, 5) is 11.4. The summed E-state index contributed by atoms with van der Waals surface area (Å²) in [6.07, 6.45) is 5.12. The van der Waals surface area contributed by atoms with Crippen molar-refractivity contribution in [3.05, 3.63) is 29.8 Å². The van der Waals surface area contributed by atoms with Gasteiger partial charge in [0.1, 0.15) is 0 Å². The van der Waals surface area contributed by atoms with E-state index in [9.17, 15) is 4.79 Å². The molecule has 0 spiro atoms. The minimum Gasteiger partial charge on any atom is -0.325 e. The fourth-order valence-electron chi connectivity index (χ4n) is 1.07. The van der Waals surface area contributed by atoms with Gasteiger partial charge in [0, 0.05) is 5.69 Å². The summed E-state index contributed by atoms with van der Waals surface area (Å²) in [7, 11) is 0. The number of carbonyl (C=O) groups is 1. The Kier molecular flexibility index (Phi) is 3.94. The Bertz CT molecular complexity index is 468. The number of terminal acetylenes is 1. The van der Waals surface area contributed by atoms with Crippen LogP contribution in [0.4, 0.5) is 10.5 Å². The lowest BCUT2D eigenvalue weighted by molar-refractivity contribution is 0.251. The van der Waals surface area contributed by atoms with E-state index in [-0.39, 0.29) is 12.1 Å². The van der Waals surface area contributed by atoms with Crippen LogP contribution >= 0.6 is 0 Å². The van der Waals surface area contributed by atoms with E-state index < -0.39 is 0 Å². The maximum atomic E-state index is 11.4. The van der Waals surface area contributed by atoms with E-state index in [1.54, 1.807) is 31.2 Å². The largest absolute Gasteiger partial charge is 0.325 e. The number of benzene rings is 1. The molecule has 2 amide bonds. The molecule has 4 nitrogen and oxygen atoms in total. The van der Waals surface area contributed by atoms with Gasteiger partial charge in [-0.1, -0.05) is 12.0 Å². The van der Waals surface area contributed by atoms with Crippen LogP contribution in [-0.4, -0.2) is 12.1 Å². The quantitative estimate of drug-likeness (QED) is 0.734. The Morgan fingerprint density at radius 2 is 2.31 bits per heavy atom. The summed E-state index contributed by atoms with van der Waals surface area (Å²) in [5.74, 6) is 2.38. The molecule has 0 saturated carbocycles. The number of amides is 2. The second-order valence-electron chi connectivity index (χ2n) is 3.18. The van der Waals surface area contributed by atoms with E-state index in [1.807, 2.05) is 6.07 Å². The molecular weight excluding hydrogens is 202 g/mol. The van der Waals surface area contributed by atoms with Gasteiger partial charge in [-0.05, 0) is 25.1 Å². The molecule has 0 fully saturated rings. The van der Waals surface area contributed by atoms with Gasteiger partial charge in [-0.25, -0.2) is 4.79 Å². The molecule has 0 aliphatic carbocycles. The number of hydrogen-bond acceptors (Lipinski definition) is 2. The Morgan fingerprint density at radius 1 is 1.56 bits per heavy atom. The summed E-state index contributed by atoms with van der Waals surface area (Å²) in [5.41, 5.74) is 1.04. The van der Waals surface area contributed by atoms with Gasteiger partial charge in [0.2, 0.25) is 0 Å². The number of urea groups is 1. The Balaban J connectivity index is 2.64. The molecule has 1 aromatic rings. The van der Waals surface area contributed by atoms with E-state index in [1.165, 1.54) is 0 Å². The van der Waals surface area contributed by atoms with Crippen molar-refractivity contribution in [2.24, 2.45) is 0 Å². The lowest BCUT2D eigenvalue weighted by atomic mass is 10.2. The molecule has 0 aliphatic heterocycles. The van der Waals surface area contributed by atoms with Crippen LogP contribution in [0.1, 0.15) is 12.5 Å². The predicted molar refractivity (Wildman–Crippen MR) is 61.6 cm³/mol. The standard InChI is InChI=1S/C12H11N3O/c1-3-9(2)14-12(16)15-11-6-4-5-10(7-11)8-13/h1,4-7,9H,2H3,(H2,14,15,16). The van der Waals surface area contributed by atoms with Crippen molar-refractivity contribution in [1.82, 2.24) is 5.32 Å². The molecule has 0 saturated heterocycles. The fraction of sp³-hybridized carbons (Fsp3) is 0.167. The van der Waals surface area contributed by atoms with Gasteiger partial charge < -0.3 is 10.6 Å². The number of nitriles is 1. The van der Waals surface area contributed by atoms with Gasteiger partial charge in [0.15, 0.2) is 0 Å². The molecule has 1 rings (SSSR count). The zero-order valence-electron chi connectivity index (χ0n) is 8.82. The maximum Gasteiger partial charge on any atom is 0.320 e. The Hall–Kier alpha value is -2.46. The van der Waals surface area contributed by atoms with Crippen LogP contribution in [0.5, 0.6) is 0 Å². The molecule has 0 radical (unpaired) electrons. The molecule has 1 atom stereocenters. The van der Waals surface area contributed by atoms with Crippen LogP contribution in [-0.2, 0) is 0 Å². The minimum atomic E-state index is -0.388. The smallest absolute Gasteiger partial charge is 0.320 e. The molecule has 0 bridgehead atoms. The molecule has 80 valence electrons. The van der Waals surface area contributed by atoms with Gasteiger partial charge >= 0.3 is 6.03 Å². The summed E-state index contributed by atoms with van der Waals surface area (Å²) in [6, 6.07) is 7.90. The molecule has 0 heterocycles. The summed E-state index contributed by atoms with van der Waals surface area (Å²) in [6.45, 7) is 1.70. The molecular formula is C12H11N3O. The zero-order valence-corrected chi connectivity index (χ0v) is 8.82. The van der Waals surface area contributed by atoms with Gasteiger partial charge in [-0.15, -0.1) is 6.42 Å². The first kappa shape index (κ1) is 11.6. The highest BCUT2D eigenvalue weighted by Crippen LogP contribution is 2.09. The van der Waals surface area contributed by atoms with E-state index in [2.05, 4.69) is 16.6 Å². The number of nitrogens with zero attached hydrogens (tertiary/aromatic N) is 1. The SMILES string of the molecule is C#CC(C)NC(=O)Nc1cccc(C#N)c1. The lowest BCUT2D eigenvalue weighted by Gasteiger charge is -2.09. The van der Waals surface area contributed by atoms with Crippen molar-refractivity contribution < 1.29 is 4.79 Å². The minimum absolute atomic E-state index is 0.334. The van der Waals surface area contributed by atoms with Crippen molar-refractivity contribution in [2.45, 2.75) is 13.0 Å². The van der Waals surface area contributed by atoms with E-state index >= 15 is 0 Å². The van der Waals surface area contributed by atoms with Gasteiger partial charge in [0.25, 0.3) is 0 Å². The normalized spacial score (nSPS) is 10.7. The van der Waals surface area contributed by atoms with Crippen molar-refractivity contribution >= 4 is 11.7 Å². The molecule has 16 heavy (non-hydrogen) atoms. The molecule has 1 aromatic carbocycles. The molecule has 1 unspecified atom stereocenters. The monoisotopic (exact) mass is 213 g/mol. The number of carbonyl (C=O) groups excluding carboxylic acids is 1. The van der Waals surface area contributed by atoms with Gasteiger partial charge in [-0.2, -0.15) is 5.26 Å². The third-order valence-corrected chi connectivity index (χ3v) is 1.85. The highest BCUT2D eigenvalue weighted by atomic mass is 16.2. The molecule has 4 heteroatoms. The third-order valence-electron chi connectivity index (χ3n) is 1.85. The van der Waals surface area contributed by atoms with Crippen LogP contribution in [0.25, 0.3) is 0 Å². The van der Waals surface area contributed by atoms with E-state index in [0.29, 0.717) is 11.3 Å². The predicted octanol–water partition coefficient (Wildman–Crippen LogP) is 1.70. The fourth-order valence-corrected chi connectivity index (χ4v) is 1.07. The number of hydrogen-bond donors (Lipinski definition) is 2. The van der Waals surface area contributed by atoms with E-state index in [4.69, 9.17) is 11.7 Å². The Morgan fingerprint density at radius 3 is 2.94 bits per heavy atom. The first-order valence-corrected chi connectivity index (χ1v) is 4.69. The first-order valence-electron chi connectivity index (χ1n) is 4.69. The van der Waals surface area contributed by atoms with Crippen molar-refractivity contribution in [3.63, 3.8) is 0 Å². The first-order chi connectivity index (χ1) is 7.65. The van der Waals surface area contributed by atoms with Crippen LogP contribution in [0.2, 0.25) is 0 Å². The summed E-state index contributed by atoms with van der Waals surface area (Å²) < 4.78 is 0. The van der Waals surface area contributed by atoms with Crippen molar-refractivity contribution in [1.29, 1.82) is 5.26 Å². The number of rotatable bonds is 2. The summed E-state index contributed by atoms with van der Waals surface area (Å²) >= 11 is 0. The molecule has 0 aromatic heterocycles. The number of nitrogens with one attached hydrogen (secondary N) is 2. The van der Waals surface area contributed by atoms with Crippen molar-refractivity contribution in [2.75, 3.05) is 5.32 Å². The van der Waals surface area contributed by atoms with Crippen LogP contribution in [0, 0.1) is 23.7 Å². The second-order valence-corrected chi connectivity index (χ2v) is 3.18. The van der Waals surface area contributed by atoms with Crippen LogP contribution < -0.4 is 10.6 Å². The highest BCUT2D eigenvalue weighted by molar-refractivity contribution is 5.89. The summed E-state index contributed by atoms with van der Waals surface area (Å²) in [5, 5.41) is 13.8. The van der Waals surface area contributed by atoms with Gasteiger partial charge in [0.05, 0.1) is 17.7 Å². The Labute approximate surface area is 94.3 Å². The second kappa shape index (κ2) is 5.43. The molecule has 2 N–H and O–H groups in total. The molecule has 0 aliphatic rings. The lowest BCUT2D eigenvalue weighted by Crippen LogP contribution is -2.35. The van der Waals surface area contributed by atoms with Gasteiger partial charge in [-0.3, -0.25) is 0 Å². The average molecular weight is 213 g/mol. The highest BCUT2D eigenvalue weighted by Gasteiger charge is 2.04. The van der Waals surface area contributed by atoms with E-state index in [0.717, 1.165) is 0 Å². The maximum absolute atomic E-state index is 11.4. The number of anilines is 1. The topological polar surface area (TPSA) is 64.9 Å². The zero-order chi connectivity index (χ0) is 12.0. The average Bonchev–Trinajstić information content (AvgIpc) is 2.28. The van der Waals surface area contributed by atoms with Crippen LogP contribution in [0.3, 0.4) is 0 Å².